The van der Waals surface area contributed by atoms with Gasteiger partial charge in [-0.1, -0.05) is 12.1 Å². The van der Waals surface area contributed by atoms with Crippen LogP contribution in [0.5, 0.6) is 0 Å². The number of nitrogen functional groups attached to an aromatic ring is 1. The average molecular weight is 241 g/mol. The maximum Gasteiger partial charge on any atom is 0.349 e. The van der Waals surface area contributed by atoms with Crippen LogP contribution in [0.4, 0.5) is 17.2 Å². The Bertz CT molecular complexity index is 684. The first kappa shape index (κ1) is 11.7. The second-order valence-corrected chi connectivity index (χ2v) is 3.72. The first-order valence-electron chi connectivity index (χ1n) is 5.21. The van der Waals surface area contributed by atoms with E-state index >= 15 is 0 Å². The molecule has 0 atom stereocenters. The molecule has 1 aromatic carbocycles. The van der Waals surface area contributed by atoms with Crippen LogP contribution in [0.1, 0.15) is 5.56 Å². The smallest absolute Gasteiger partial charge is 0.349 e. The summed E-state index contributed by atoms with van der Waals surface area (Å²) in [6.07, 6.45) is 1.43. The first-order valence-corrected chi connectivity index (χ1v) is 5.21. The van der Waals surface area contributed by atoms with Crippen LogP contribution in [0.25, 0.3) is 0 Å². The summed E-state index contributed by atoms with van der Waals surface area (Å²) >= 11 is 0. The van der Waals surface area contributed by atoms with E-state index in [0.717, 1.165) is 0 Å². The van der Waals surface area contributed by atoms with Gasteiger partial charge < -0.3 is 15.6 Å². The van der Waals surface area contributed by atoms with Gasteiger partial charge >= 0.3 is 5.69 Å². The molecule has 0 bridgehead atoms. The number of anilines is 3. The number of nitrogens with one attached hydrogen (secondary N) is 1. The Balaban J connectivity index is 2.47. The number of nitrogens with two attached hydrogens (primary N) is 1. The van der Waals surface area contributed by atoms with Gasteiger partial charge in [0, 0.05) is 13.2 Å². The fourth-order valence-electron chi connectivity index (χ4n) is 1.46. The van der Waals surface area contributed by atoms with Crippen LogP contribution < -0.4 is 16.7 Å². The van der Waals surface area contributed by atoms with Crippen LogP contribution in [0, 0.1) is 11.3 Å². The number of rotatable bonds is 2. The number of aryl methyl sites for hydroxylation is 1. The molecule has 0 unspecified atom stereocenters. The number of nitrogens with zero attached hydrogens (tertiary/aromatic N) is 3. The van der Waals surface area contributed by atoms with Gasteiger partial charge in [-0.25, -0.2) is 4.79 Å². The number of hydrogen-bond acceptors (Lipinski definition) is 5. The molecule has 0 amide bonds. The maximum atomic E-state index is 11.5. The molecule has 6 nitrogen and oxygen atoms in total. The lowest BCUT2D eigenvalue weighted by Gasteiger charge is -2.09. The van der Waals surface area contributed by atoms with Crippen LogP contribution in [0.2, 0.25) is 0 Å². The molecule has 2 aromatic rings. The zero-order valence-corrected chi connectivity index (χ0v) is 9.71. The molecule has 2 rings (SSSR count). The highest BCUT2D eigenvalue weighted by Gasteiger charge is 2.08. The number of benzene rings is 1. The number of nitriles is 1. The van der Waals surface area contributed by atoms with Crippen molar-refractivity contribution in [3.05, 3.63) is 46.5 Å². The van der Waals surface area contributed by atoms with E-state index in [2.05, 4.69) is 10.3 Å². The van der Waals surface area contributed by atoms with Crippen LogP contribution in [0.3, 0.4) is 0 Å². The van der Waals surface area contributed by atoms with Gasteiger partial charge in [0.15, 0.2) is 5.82 Å². The van der Waals surface area contributed by atoms with E-state index in [0.29, 0.717) is 11.4 Å². The molecular weight excluding hydrogens is 230 g/mol. The monoisotopic (exact) mass is 241 g/mol. The van der Waals surface area contributed by atoms with Crippen molar-refractivity contribution in [1.29, 1.82) is 5.26 Å². The van der Waals surface area contributed by atoms with Crippen molar-refractivity contribution < 1.29 is 0 Å². The summed E-state index contributed by atoms with van der Waals surface area (Å²) in [5.74, 6) is 0.207. The molecule has 0 fully saturated rings. The highest BCUT2D eigenvalue weighted by molar-refractivity contribution is 5.72. The lowest BCUT2D eigenvalue weighted by Crippen LogP contribution is -2.21. The topological polar surface area (TPSA) is 96.7 Å². The summed E-state index contributed by atoms with van der Waals surface area (Å²) in [7, 11) is 1.54. The van der Waals surface area contributed by atoms with Gasteiger partial charge in [0.2, 0.25) is 0 Å². The molecule has 90 valence electrons. The Morgan fingerprint density at radius 3 is 2.83 bits per heavy atom. The quantitative estimate of drug-likeness (QED) is 0.764. The summed E-state index contributed by atoms with van der Waals surface area (Å²) in [5, 5.41) is 11.9. The van der Waals surface area contributed by atoms with Crippen molar-refractivity contribution in [2.45, 2.75) is 0 Å². The zero-order chi connectivity index (χ0) is 13.1. The molecule has 1 heterocycles. The van der Waals surface area contributed by atoms with E-state index in [4.69, 9.17) is 11.0 Å². The largest absolute Gasteiger partial charge is 0.397 e. The predicted octanol–water partition coefficient (Wildman–Crippen LogP) is 0.978. The van der Waals surface area contributed by atoms with E-state index < -0.39 is 5.69 Å². The molecule has 3 N–H and O–H groups in total. The highest BCUT2D eigenvalue weighted by atomic mass is 16.1. The fraction of sp³-hybridized carbons (Fsp3) is 0.0833. The van der Waals surface area contributed by atoms with Crippen molar-refractivity contribution in [1.82, 2.24) is 9.55 Å². The average Bonchev–Trinajstić information content (AvgIpc) is 2.36. The van der Waals surface area contributed by atoms with Crippen LogP contribution in [-0.4, -0.2) is 9.55 Å². The Kier molecular flexibility index (Phi) is 2.98. The Morgan fingerprint density at radius 1 is 1.44 bits per heavy atom. The van der Waals surface area contributed by atoms with Gasteiger partial charge in [-0.15, -0.1) is 0 Å². The van der Waals surface area contributed by atoms with Crippen LogP contribution >= 0.6 is 0 Å². The van der Waals surface area contributed by atoms with E-state index in [1.807, 2.05) is 6.07 Å². The van der Waals surface area contributed by atoms with E-state index in [-0.39, 0.29) is 11.4 Å². The molecular formula is C12H11N5O. The Labute approximate surface area is 103 Å². The third-order valence-electron chi connectivity index (χ3n) is 2.42. The molecule has 0 saturated carbocycles. The fourth-order valence-corrected chi connectivity index (χ4v) is 1.46. The maximum absolute atomic E-state index is 11.5. The van der Waals surface area contributed by atoms with Crippen molar-refractivity contribution in [3.8, 4) is 6.07 Å². The number of hydrogen-bond donors (Lipinski definition) is 2. The summed E-state index contributed by atoms with van der Waals surface area (Å²) in [6, 6.07) is 9.03. The second kappa shape index (κ2) is 4.59. The Hall–Kier alpha value is -2.81. The van der Waals surface area contributed by atoms with Gasteiger partial charge in [0.25, 0.3) is 0 Å². The Morgan fingerprint density at radius 2 is 2.17 bits per heavy atom. The SMILES string of the molecule is Cn1cc(C#N)c(Nc2ccccc2N)nc1=O. The van der Waals surface area contributed by atoms with E-state index in [1.165, 1.54) is 17.8 Å². The molecule has 0 spiro atoms. The van der Waals surface area contributed by atoms with E-state index in [9.17, 15) is 4.79 Å². The number of aromatic nitrogens is 2. The minimum Gasteiger partial charge on any atom is -0.397 e. The molecule has 0 aliphatic heterocycles. The molecule has 0 radical (unpaired) electrons. The lowest BCUT2D eigenvalue weighted by atomic mass is 10.2. The summed E-state index contributed by atoms with van der Waals surface area (Å²) in [6.45, 7) is 0. The van der Waals surface area contributed by atoms with Gasteiger partial charge in [-0.2, -0.15) is 10.2 Å². The van der Waals surface area contributed by atoms with Crippen molar-refractivity contribution >= 4 is 17.2 Å². The molecule has 0 aliphatic rings. The third-order valence-corrected chi connectivity index (χ3v) is 2.42. The summed E-state index contributed by atoms with van der Waals surface area (Å²) in [4.78, 5) is 15.3. The number of para-hydroxylation sites is 2. The van der Waals surface area contributed by atoms with Gasteiger partial charge in [-0.3, -0.25) is 0 Å². The van der Waals surface area contributed by atoms with E-state index in [1.54, 1.807) is 24.3 Å². The lowest BCUT2D eigenvalue weighted by molar-refractivity contribution is 0.809. The molecule has 6 heteroatoms. The summed E-state index contributed by atoms with van der Waals surface area (Å²) < 4.78 is 1.25. The molecule has 18 heavy (non-hydrogen) atoms. The molecule has 1 aromatic heterocycles. The molecule has 0 aliphatic carbocycles. The predicted molar refractivity (Wildman–Crippen MR) is 68.3 cm³/mol. The minimum absolute atomic E-state index is 0.207. The second-order valence-electron chi connectivity index (χ2n) is 3.72. The van der Waals surface area contributed by atoms with Gasteiger partial charge in [0.1, 0.15) is 11.6 Å². The van der Waals surface area contributed by atoms with Crippen molar-refractivity contribution in [2.75, 3.05) is 11.1 Å². The first-order chi connectivity index (χ1) is 8.61. The third kappa shape index (κ3) is 2.15. The highest BCUT2D eigenvalue weighted by Crippen LogP contribution is 2.22. The normalized spacial score (nSPS) is 9.78. The summed E-state index contributed by atoms with van der Waals surface area (Å²) in [5.41, 5.74) is 6.73. The zero-order valence-electron chi connectivity index (χ0n) is 9.71. The van der Waals surface area contributed by atoms with Crippen molar-refractivity contribution in [3.63, 3.8) is 0 Å². The minimum atomic E-state index is -0.439. The van der Waals surface area contributed by atoms with Gasteiger partial charge in [0.05, 0.1) is 11.4 Å². The molecule has 0 saturated heterocycles. The van der Waals surface area contributed by atoms with Crippen LogP contribution in [-0.2, 0) is 7.05 Å². The van der Waals surface area contributed by atoms with Crippen LogP contribution in [0.15, 0.2) is 35.3 Å². The standard InChI is InChI=1S/C12H11N5O/c1-17-7-8(6-13)11(16-12(17)18)15-10-5-3-2-4-9(10)14/h2-5,7H,14H2,1H3,(H,15,16,18). The van der Waals surface area contributed by atoms with Gasteiger partial charge in [-0.05, 0) is 12.1 Å². The van der Waals surface area contributed by atoms with Crippen molar-refractivity contribution in [2.24, 2.45) is 7.05 Å².